The average molecular weight is 247 g/mol. The lowest BCUT2D eigenvalue weighted by molar-refractivity contribution is -0.138. The van der Waals surface area contributed by atoms with Gasteiger partial charge in [-0.3, -0.25) is 9.69 Å². The van der Waals surface area contributed by atoms with E-state index in [-0.39, 0.29) is 12.5 Å². The molecule has 0 bridgehead atoms. The third-order valence-corrected chi connectivity index (χ3v) is 3.97. The molecular formula is C15H21NO2. The zero-order valence-electron chi connectivity index (χ0n) is 11.1. The number of carboxylic acids is 1. The molecule has 0 saturated carbocycles. The number of hydrogen-bond acceptors (Lipinski definition) is 2. The molecule has 2 unspecified atom stereocenters. The van der Waals surface area contributed by atoms with Crippen molar-refractivity contribution in [1.29, 1.82) is 0 Å². The normalized spacial score (nSPS) is 22.0. The van der Waals surface area contributed by atoms with E-state index in [1.165, 1.54) is 11.1 Å². The van der Waals surface area contributed by atoms with Crippen LogP contribution in [0.2, 0.25) is 0 Å². The van der Waals surface area contributed by atoms with Gasteiger partial charge in [0.15, 0.2) is 0 Å². The Bertz CT molecular complexity index is 430. The van der Waals surface area contributed by atoms with E-state index in [0.29, 0.717) is 6.04 Å². The number of rotatable bonds is 4. The summed E-state index contributed by atoms with van der Waals surface area (Å²) in [7, 11) is 0. The van der Waals surface area contributed by atoms with Gasteiger partial charge in [-0.1, -0.05) is 24.3 Å². The first-order chi connectivity index (χ1) is 8.59. The fourth-order valence-corrected chi connectivity index (χ4v) is 3.02. The summed E-state index contributed by atoms with van der Waals surface area (Å²) in [6, 6.07) is 8.87. The minimum Gasteiger partial charge on any atom is -0.481 e. The van der Waals surface area contributed by atoms with E-state index < -0.39 is 5.97 Å². The first-order valence-corrected chi connectivity index (χ1v) is 6.62. The molecule has 1 aliphatic rings. The largest absolute Gasteiger partial charge is 0.481 e. The zero-order chi connectivity index (χ0) is 13.1. The second-order valence-electron chi connectivity index (χ2n) is 5.16. The molecule has 3 heteroatoms. The van der Waals surface area contributed by atoms with Gasteiger partial charge in [0, 0.05) is 12.1 Å². The van der Waals surface area contributed by atoms with Gasteiger partial charge in [0.05, 0.1) is 6.42 Å². The second kappa shape index (κ2) is 5.53. The lowest BCUT2D eigenvalue weighted by Crippen LogP contribution is -2.34. The summed E-state index contributed by atoms with van der Waals surface area (Å²) < 4.78 is 0. The monoisotopic (exact) mass is 247 g/mol. The molecule has 2 atom stereocenters. The molecule has 1 saturated heterocycles. The van der Waals surface area contributed by atoms with Crippen LogP contribution in [0.3, 0.4) is 0 Å². The third-order valence-electron chi connectivity index (χ3n) is 3.97. The van der Waals surface area contributed by atoms with E-state index in [2.05, 4.69) is 36.9 Å². The molecule has 1 heterocycles. The molecular weight excluding hydrogens is 226 g/mol. The molecule has 1 aliphatic heterocycles. The first-order valence-electron chi connectivity index (χ1n) is 6.62. The summed E-state index contributed by atoms with van der Waals surface area (Å²) in [6.45, 7) is 5.31. The molecule has 18 heavy (non-hydrogen) atoms. The Morgan fingerprint density at radius 2 is 2.22 bits per heavy atom. The van der Waals surface area contributed by atoms with E-state index in [0.717, 1.165) is 19.4 Å². The van der Waals surface area contributed by atoms with E-state index in [1.807, 2.05) is 6.07 Å². The van der Waals surface area contributed by atoms with Crippen molar-refractivity contribution in [3.8, 4) is 0 Å². The summed E-state index contributed by atoms with van der Waals surface area (Å²) >= 11 is 0. The minimum absolute atomic E-state index is 0.192. The third kappa shape index (κ3) is 2.72. The van der Waals surface area contributed by atoms with Crippen LogP contribution in [0.15, 0.2) is 24.3 Å². The van der Waals surface area contributed by atoms with Crippen molar-refractivity contribution < 1.29 is 9.90 Å². The Morgan fingerprint density at radius 1 is 1.50 bits per heavy atom. The Labute approximate surface area is 108 Å². The number of carboxylic acid groups (broad SMARTS) is 1. The molecule has 1 fully saturated rings. The van der Waals surface area contributed by atoms with Crippen LogP contribution >= 0.6 is 0 Å². The molecule has 2 rings (SSSR count). The predicted molar refractivity (Wildman–Crippen MR) is 71.6 cm³/mol. The first kappa shape index (κ1) is 13.1. The molecule has 1 aromatic carbocycles. The van der Waals surface area contributed by atoms with Crippen molar-refractivity contribution in [3.63, 3.8) is 0 Å². The van der Waals surface area contributed by atoms with Crippen molar-refractivity contribution in [1.82, 2.24) is 4.90 Å². The van der Waals surface area contributed by atoms with Crippen LogP contribution in [0.5, 0.6) is 0 Å². The Kier molecular flexibility index (Phi) is 4.02. The van der Waals surface area contributed by atoms with Crippen molar-refractivity contribution in [2.45, 2.75) is 45.2 Å². The molecule has 3 nitrogen and oxygen atoms in total. The van der Waals surface area contributed by atoms with Gasteiger partial charge in [-0.05, 0) is 44.4 Å². The van der Waals surface area contributed by atoms with Crippen LogP contribution < -0.4 is 0 Å². The number of likely N-dealkylation sites (tertiary alicyclic amines) is 1. The van der Waals surface area contributed by atoms with Crippen LogP contribution in [0.25, 0.3) is 0 Å². The van der Waals surface area contributed by atoms with Crippen LogP contribution in [-0.2, 0) is 4.79 Å². The smallest absolute Gasteiger partial charge is 0.304 e. The molecule has 0 aliphatic carbocycles. The van der Waals surface area contributed by atoms with E-state index in [9.17, 15) is 4.79 Å². The Hall–Kier alpha value is -1.35. The van der Waals surface area contributed by atoms with Gasteiger partial charge < -0.3 is 5.11 Å². The minimum atomic E-state index is -0.691. The van der Waals surface area contributed by atoms with Crippen molar-refractivity contribution in [3.05, 3.63) is 35.4 Å². The zero-order valence-corrected chi connectivity index (χ0v) is 11.1. The van der Waals surface area contributed by atoms with Crippen molar-refractivity contribution in [2.24, 2.45) is 0 Å². The van der Waals surface area contributed by atoms with Crippen molar-refractivity contribution >= 4 is 5.97 Å². The van der Waals surface area contributed by atoms with Gasteiger partial charge in [0.2, 0.25) is 0 Å². The molecule has 0 amide bonds. The van der Waals surface area contributed by atoms with E-state index >= 15 is 0 Å². The van der Waals surface area contributed by atoms with E-state index in [4.69, 9.17) is 5.11 Å². The highest BCUT2D eigenvalue weighted by Crippen LogP contribution is 2.31. The number of nitrogens with zero attached hydrogens (tertiary/aromatic N) is 1. The highest BCUT2D eigenvalue weighted by molar-refractivity contribution is 5.67. The number of aryl methyl sites for hydroxylation is 1. The summed E-state index contributed by atoms with van der Waals surface area (Å²) in [5.74, 6) is -0.691. The summed E-state index contributed by atoms with van der Waals surface area (Å²) in [5, 5.41) is 8.97. The Balaban J connectivity index is 2.15. The SMILES string of the molecule is Cc1ccccc1C(C)N1CCCC1CC(=O)O. The van der Waals surface area contributed by atoms with Gasteiger partial charge in [-0.2, -0.15) is 0 Å². The van der Waals surface area contributed by atoms with Crippen LogP contribution in [0.4, 0.5) is 0 Å². The fourth-order valence-electron chi connectivity index (χ4n) is 3.02. The molecule has 1 N–H and O–H groups in total. The number of hydrogen-bond donors (Lipinski definition) is 1. The summed E-state index contributed by atoms with van der Waals surface area (Å²) in [5.41, 5.74) is 2.60. The van der Waals surface area contributed by atoms with Crippen LogP contribution in [0, 0.1) is 6.92 Å². The fraction of sp³-hybridized carbons (Fsp3) is 0.533. The number of aliphatic carboxylic acids is 1. The van der Waals surface area contributed by atoms with E-state index in [1.54, 1.807) is 0 Å². The van der Waals surface area contributed by atoms with Gasteiger partial charge in [-0.15, -0.1) is 0 Å². The maximum atomic E-state index is 10.9. The second-order valence-corrected chi connectivity index (χ2v) is 5.16. The Morgan fingerprint density at radius 3 is 2.89 bits per heavy atom. The molecule has 98 valence electrons. The van der Waals surface area contributed by atoms with Gasteiger partial charge >= 0.3 is 5.97 Å². The molecule has 0 radical (unpaired) electrons. The quantitative estimate of drug-likeness (QED) is 0.889. The highest BCUT2D eigenvalue weighted by Gasteiger charge is 2.30. The standard InChI is InChI=1S/C15H21NO2/c1-11-6-3-4-8-14(11)12(2)16-9-5-7-13(16)10-15(17)18/h3-4,6,8,12-13H,5,7,9-10H2,1-2H3,(H,17,18). The predicted octanol–water partition coefficient (Wildman–Crippen LogP) is 3.00. The lowest BCUT2D eigenvalue weighted by Gasteiger charge is -2.31. The van der Waals surface area contributed by atoms with Gasteiger partial charge in [-0.25, -0.2) is 0 Å². The topological polar surface area (TPSA) is 40.5 Å². The highest BCUT2D eigenvalue weighted by atomic mass is 16.4. The number of carbonyl (C=O) groups is 1. The number of benzene rings is 1. The van der Waals surface area contributed by atoms with Crippen LogP contribution in [0.1, 0.15) is 43.4 Å². The average Bonchev–Trinajstić information content (AvgIpc) is 2.76. The summed E-state index contributed by atoms with van der Waals surface area (Å²) in [4.78, 5) is 13.2. The van der Waals surface area contributed by atoms with Crippen molar-refractivity contribution in [2.75, 3.05) is 6.54 Å². The summed E-state index contributed by atoms with van der Waals surface area (Å²) in [6.07, 6.45) is 2.37. The van der Waals surface area contributed by atoms with Crippen LogP contribution in [-0.4, -0.2) is 28.6 Å². The molecule has 1 aromatic rings. The molecule has 0 spiro atoms. The van der Waals surface area contributed by atoms with Gasteiger partial charge in [0.1, 0.15) is 0 Å². The molecule has 0 aromatic heterocycles. The maximum absolute atomic E-state index is 10.9. The van der Waals surface area contributed by atoms with Gasteiger partial charge in [0.25, 0.3) is 0 Å². The lowest BCUT2D eigenvalue weighted by atomic mass is 10.00. The maximum Gasteiger partial charge on any atom is 0.304 e.